The highest BCUT2D eigenvalue weighted by Gasteiger charge is 2.11. The van der Waals surface area contributed by atoms with E-state index in [1.807, 2.05) is 30.3 Å². The molecular weight excluding hydrogens is 262 g/mol. The van der Waals surface area contributed by atoms with Crippen molar-refractivity contribution in [3.63, 3.8) is 0 Å². The second-order valence-electron chi connectivity index (χ2n) is 3.94. The lowest BCUT2D eigenvalue weighted by Crippen LogP contribution is -2.31. The maximum absolute atomic E-state index is 11.3. The number of ketones is 1. The molecule has 0 aromatic heterocycles. The van der Waals surface area contributed by atoms with Crippen molar-refractivity contribution >= 4 is 17.8 Å². The standard InChI is InChI=1S/C14H17NO5/c1-2-19-13(17)8-12(16)9-15-14(18)20-10-11-6-4-3-5-7-11/h3-7H,2,8-10H2,1H3,(H,15,18). The van der Waals surface area contributed by atoms with Crippen LogP contribution in [-0.2, 0) is 25.7 Å². The number of carbonyl (C=O) groups is 3. The molecule has 6 nitrogen and oxygen atoms in total. The lowest BCUT2D eigenvalue weighted by atomic mass is 10.2. The van der Waals surface area contributed by atoms with Crippen LogP contribution in [0.2, 0.25) is 0 Å². The van der Waals surface area contributed by atoms with Crippen LogP contribution in [-0.4, -0.2) is 31.0 Å². The fourth-order valence-corrected chi connectivity index (χ4v) is 1.38. The van der Waals surface area contributed by atoms with Gasteiger partial charge in [-0.2, -0.15) is 0 Å². The van der Waals surface area contributed by atoms with Crippen LogP contribution in [0.15, 0.2) is 30.3 Å². The van der Waals surface area contributed by atoms with E-state index in [1.54, 1.807) is 6.92 Å². The third-order valence-corrected chi connectivity index (χ3v) is 2.29. The fraction of sp³-hybridized carbons (Fsp3) is 0.357. The Hall–Kier alpha value is -2.37. The van der Waals surface area contributed by atoms with Crippen molar-refractivity contribution in [2.24, 2.45) is 0 Å². The number of esters is 1. The van der Waals surface area contributed by atoms with Gasteiger partial charge in [0.1, 0.15) is 13.0 Å². The third kappa shape index (κ3) is 6.53. The van der Waals surface area contributed by atoms with Gasteiger partial charge >= 0.3 is 12.1 Å². The summed E-state index contributed by atoms with van der Waals surface area (Å²) in [4.78, 5) is 33.7. The molecule has 1 N–H and O–H groups in total. The van der Waals surface area contributed by atoms with E-state index in [1.165, 1.54) is 0 Å². The van der Waals surface area contributed by atoms with Gasteiger partial charge < -0.3 is 14.8 Å². The monoisotopic (exact) mass is 279 g/mol. The van der Waals surface area contributed by atoms with Crippen LogP contribution in [0, 0.1) is 0 Å². The number of alkyl carbamates (subject to hydrolysis) is 1. The zero-order valence-corrected chi connectivity index (χ0v) is 11.3. The van der Waals surface area contributed by atoms with E-state index in [4.69, 9.17) is 4.74 Å². The van der Waals surface area contributed by atoms with E-state index in [-0.39, 0.29) is 26.2 Å². The van der Waals surface area contributed by atoms with Crippen LogP contribution >= 0.6 is 0 Å². The van der Waals surface area contributed by atoms with Gasteiger partial charge in [-0.15, -0.1) is 0 Å². The number of Topliss-reactive ketones (excluding diaryl/α,β-unsaturated/α-hetero) is 1. The van der Waals surface area contributed by atoms with E-state index >= 15 is 0 Å². The third-order valence-electron chi connectivity index (χ3n) is 2.29. The SMILES string of the molecule is CCOC(=O)CC(=O)CNC(=O)OCc1ccccc1. The van der Waals surface area contributed by atoms with Crippen molar-refractivity contribution in [3.05, 3.63) is 35.9 Å². The van der Waals surface area contributed by atoms with Crippen molar-refractivity contribution in [3.8, 4) is 0 Å². The highest BCUT2D eigenvalue weighted by Crippen LogP contribution is 2.00. The molecule has 1 amide bonds. The molecule has 0 fully saturated rings. The first-order chi connectivity index (χ1) is 9.61. The summed E-state index contributed by atoms with van der Waals surface area (Å²) in [5, 5.41) is 2.28. The van der Waals surface area contributed by atoms with E-state index in [0.717, 1.165) is 5.56 Å². The molecule has 108 valence electrons. The highest BCUT2D eigenvalue weighted by atomic mass is 16.5. The number of rotatable bonds is 7. The van der Waals surface area contributed by atoms with Crippen LogP contribution in [0.1, 0.15) is 18.9 Å². The molecule has 6 heteroatoms. The molecule has 0 heterocycles. The summed E-state index contributed by atoms with van der Waals surface area (Å²) in [6, 6.07) is 9.16. The Bertz CT molecular complexity index is 458. The van der Waals surface area contributed by atoms with Crippen molar-refractivity contribution in [1.82, 2.24) is 5.32 Å². The molecule has 0 atom stereocenters. The smallest absolute Gasteiger partial charge is 0.407 e. The van der Waals surface area contributed by atoms with Gasteiger partial charge in [-0.1, -0.05) is 30.3 Å². The van der Waals surface area contributed by atoms with Crippen LogP contribution in [0.25, 0.3) is 0 Å². The minimum atomic E-state index is -0.703. The molecule has 0 saturated carbocycles. The van der Waals surface area contributed by atoms with Gasteiger partial charge in [0, 0.05) is 0 Å². The molecule has 0 spiro atoms. The summed E-state index contributed by atoms with van der Waals surface area (Å²) < 4.78 is 9.53. The first-order valence-corrected chi connectivity index (χ1v) is 6.23. The maximum atomic E-state index is 11.3. The highest BCUT2D eigenvalue weighted by molar-refractivity contribution is 5.97. The molecule has 1 rings (SSSR count). The summed E-state index contributed by atoms with van der Waals surface area (Å²) >= 11 is 0. The molecule has 0 saturated heterocycles. The van der Waals surface area contributed by atoms with E-state index in [9.17, 15) is 14.4 Å². The Balaban J connectivity index is 2.19. The number of hydrogen-bond donors (Lipinski definition) is 1. The predicted molar refractivity (Wildman–Crippen MR) is 70.9 cm³/mol. The van der Waals surface area contributed by atoms with Crippen LogP contribution in [0.5, 0.6) is 0 Å². The summed E-state index contributed by atoms with van der Waals surface area (Å²) in [5.41, 5.74) is 0.848. The van der Waals surface area contributed by atoms with Gasteiger partial charge in [0.25, 0.3) is 0 Å². The first kappa shape index (κ1) is 15.7. The summed E-state index contributed by atoms with van der Waals surface area (Å²) in [7, 11) is 0. The molecule has 0 aliphatic rings. The van der Waals surface area contributed by atoms with Crippen molar-refractivity contribution < 1.29 is 23.9 Å². The maximum Gasteiger partial charge on any atom is 0.407 e. The van der Waals surface area contributed by atoms with Crippen LogP contribution in [0.4, 0.5) is 4.79 Å². The predicted octanol–water partition coefficient (Wildman–Crippen LogP) is 1.44. The van der Waals surface area contributed by atoms with E-state index < -0.39 is 17.8 Å². The lowest BCUT2D eigenvalue weighted by Gasteiger charge is -2.06. The van der Waals surface area contributed by atoms with E-state index in [0.29, 0.717) is 0 Å². The second kappa shape index (κ2) is 8.68. The Morgan fingerprint density at radius 3 is 2.45 bits per heavy atom. The van der Waals surface area contributed by atoms with Crippen LogP contribution < -0.4 is 5.32 Å². The zero-order valence-electron chi connectivity index (χ0n) is 11.3. The number of benzene rings is 1. The van der Waals surface area contributed by atoms with Crippen molar-refractivity contribution in [2.45, 2.75) is 20.0 Å². The topological polar surface area (TPSA) is 81.7 Å². The van der Waals surface area contributed by atoms with Gasteiger partial charge in [-0.05, 0) is 12.5 Å². The van der Waals surface area contributed by atoms with Gasteiger partial charge in [-0.25, -0.2) is 4.79 Å². The lowest BCUT2D eigenvalue weighted by molar-refractivity contribution is -0.145. The summed E-state index contributed by atoms with van der Waals surface area (Å²) in [6.07, 6.45) is -1.06. The number of hydrogen-bond acceptors (Lipinski definition) is 5. The molecule has 0 bridgehead atoms. The van der Waals surface area contributed by atoms with Crippen molar-refractivity contribution in [2.75, 3.05) is 13.2 Å². The normalized spacial score (nSPS) is 9.65. The average molecular weight is 279 g/mol. The minimum absolute atomic E-state index is 0.124. The van der Waals surface area contributed by atoms with Gasteiger partial charge in [0.05, 0.1) is 13.2 Å². The number of nitrogens with one attached hydrogen (secondary N) is 1. The number of amides is 1. The average Bonchev–Trinajstić information content (AvgIpc) is 2.44. The summed E-state index contributed by atoms with van der Waals surface area (Å²) in [5.74, 6) is -1.03. The molecule has 1 aromatic rings. The summed E-state index contributed by atoms with van der Waals surface area (Å²) in [6.45, 7) is 1.74. The van der Waals surface area contributed by atoms with E-state index in [2.05, 4.69) is 10.1 Å². The Morgan fingerprint density at radius 2 is 1.80 bits per heavy atom. The second-order valence-corrected chi connectivity index (χ2v) is 3.94. The van der Waals surface area contributed by atoms with Gasteiger partial charge in [-0.3, -0.25) is 9.59 Å². The van der Waals surface area contributed by atoms with Crippen molar-refractivity contribution in [1.29, 1.82) is 0 Å². The van der Waals surface area contributed by atoms with Gasteiger partial charge in [0.2, 0.25) is 0 Å². The molecule has 1 aromatic carbocycles. The Kier molecular flexibility index (Phi) is 6.81. The minimum Gasteiger partial charge on any atom is -0.466 e. The van der Waals surface area contributed by atoms with Crippen LogP contribution in [0.3, 0.4) is 0 Å². The Morgan fingerprint density at radius 1 is 1.10 bits per heavy atom. The van der Waals surface area contributed by atoms with Gasteiger partial charge in [0.15, 0.2) is 5.78 Å². The Labute approximate surface area is 117 Å². The molecule has 20 heavy (non-hydrogen) atoms. The molecule has 0 radical (unpaired) electrons. The number of ether oxygens (including phenoxy) is 2. The molecule has 0 aliphatic heterocycles. The molecule has 0 unspecified atom stereocenters. The zero-order chi connectivity index (χ0) is 14.8. The fourth-order valence-electron chi connectivity index (χ4n) is 1.38. The molecular formula is C14H17NO5. The number of carbonyl (C=O) groups excluding carboxylic acids is 3. The largest absolute Gasteiger partial charge is 0.466 e. The first-order valence-electron chi connectivity index (χ1n) is 6.23. The molecule has 0 aliphatic carbocycles. The quantitative estimate of drug-likeness (QED) is 0.603.